The third-order valence-corrected chi connectivity index (χ3v) is 4.14. The molecular weight excluding hydrogens is 236 g/mol. The van der Waals surface area contributed by atoms with Gasteiger partial charge in [0.15, 0.2) is 0 Å². The van der Waals surface area contributed by atoms with Gasteiger partial charge in [-0.3, -0.25) is 0 Å². The Morgan fingerprint density at radius 1 is 1.32 bits per heavy atom. The standard InChI is InChI=1S/C16H20N2O/c1-16(2)9-7-15(13-5-3-4-6-14(13)16)17-11-12-8-10-19-18-12/h3-6,8,10,15,17H,7,9,11H2,1-2H3. The molecule has 3 heteroatoms. The van der Waals surface area contributed by atoms with Crippen molar-refractivity contribution >= 4 is 0 Å². The molecule has 1 unspecified atom stereocenters. The number of aromatic nitrogens is 1. The molecule has 1 heterocycles. The average molecular weight is 256 g/mol. The van der Waals surface area contributed by atoms with Gasteiger partial charge < -0.3 is 9.84 Å². The molecule has 1 N–H and O–H groups in total. The minimum absolute atomic E-state index is 0.280. The first kappa shape index (κ1) is 12.4. The van der Waals surface area contributed by atoms with Gasteiger partial charge in [0.1, 0.15) is 6.26 Å². The highest BCUT2D eigenvalue weighted by Crippen LogP contribution is 2.41. The Bertz CT molecular complexity index is 546. The molecule has 19 heavy (non-hydrogen) atoms. The van der Waals surface area contributed by atoms with Gasteiger partial charge in [-0.05, 0) is 29.4 Å². The van der Waals surface area contributed by atoms with E-state index in [4.69, 9.17) is 4.52 Å². The highest BCUT2D eigenvalue weighted by Gasteiger charge is 2.31. The van der Waals surface area contributed by atoms with Crippen LogP contribution in [0.4, 0.5) is 0 Å². The minimum atomic E-state index is 0.280. The van der Waals surface area contributed by atoms with Crippen molar-refractivity contribution in [3.05, 3.63) is 53.4 Å². The van der Waals surface area contributed by atoms with Crippen LogP contribution in [0.5, 0.6) is 0 Å². The lowest BCUT2D eigenvalue weighted by Gasteiger charge is -2.37. The summed E-state index contributed by atoms with van der Waals surface area (Å²) in [6.07, 6.45) is 4.00. The van der Waals surface area contributed by atoms with E-state index in [0.717, 1.165) is 12.2 Å². The predicted octanol–water partition coefficient (Wildman–Crippen LogP) is 3.58. The number of rotatable bonds is 3. The maximum atomic E-state index is 4.87. The summed E-state index contributed by atoms with van der Waals surface area (Å²) in [5, 5.41) is 7.54. The van der Waals surface area contributed by atoms with Gasteiger partial charge in [-0.2, -0.15) is 0 Å². The molecule has 0 aliphatic heterocycles. The van der Waals surface area contributed by atoms with Crippen molar-refractivity contribution < 1.29 is 4.52 Å². The average Bonchev–Trinajstić information content (AvgIpc) is 2.91. The Kier molecular flexibility index (Phi) is 3.15. The predicted molar refractivity (Wildman–Crippen MR) is 74.8 cm³/mol. The third kappa shape index (κ3) is 2.43. The van der Waals surface area contributed by atoms with Crippen LogP contribution in [0.25, 0.3) is 0 Å². The van der Waals surface area contributed by atoms with Crippen molar-refractivity contribution in [3.8, 4) is 0 Å². The Labute approximate surface area is 114 Å². The number of hydrogen-bond donors (Lipinski definition) is 1. The van der Waals surface area contributed by atoms with Crippen molar-refractivity contribution in [2.24, 2.45) is 0 Å². The molecule has 0 fully saturated rings. The number of nitrogens with zero attached hydrogens (tertiary/aromatic N) is 1. The Morgan fingerprint density at radius 3 is 2.95 bits per heavy atom. The van der Waals surface area contributed by atoms with Gasteiger partial charge in [0.25, 0.3) is 0 Å². The van der Waals surface area contributed by atoms with E-state index in [-0.39, 0.29) is 5.41 Å². The lowest BCUT2D eigenvalue weighted by molar-refractivity contribution is 0.351. The fraction of sp³-hybridized carbons (Fsp3) is 0.438. The molecule has 100 valence electrons. The van der Waals surface area contributed by atoms with Crippen LogP contribution < -0.4 is 5.32 Å². The lowest BCUT2D eigenvalue weighted by atomic mass is 9.71. The van der Waals surface area contributed by atoms with Gasteiger partial charge in [0.2, 0.25) is 0 Å². The molecule has 0 saturated carbocycles. The lowest BCUT2D eigenvalue weighted by Crippen LogP contribution is -2.32. The quantitative estimate of drug-likeness (QED) is 0.912. The first-order valence-corrected chi connectivity index (χ1v) is 6.89. The van der Waals surface area contributed by atoms with Gasteiger partial charge in [-0.1, -0.05) is 43.3 Å². The summed E-state index contributed by atoms with van der Waals surface area (Å²) in [6.45, 7) is 5.43. The zero-order valence-electron chi connectivity index (χ0n) is 11.5. The van der Waals surface area contributed by atoms with Crippen LogP contribution in [0.15, 0.2) is 41.1 Å². The second-order valence-corrected chi connectivity index (χ2v) is 5.93. The summed E-state index contributed by atoms with van der Waals surface area (Å²) in [4.78, 5) is 0. The van der Waals surface area contributed by atoms with Gasteiger partial charge in [-0.15, -0.1) is 0 Å². The van der Waals surface area contributed by atoms with Gasteiger partial charge >= 0.3 is 0 Å². The molecule has 3 nitrogen and oxygen atoms in total. The maximum Gasteiger partial charge on any atom is 0.124 e. The molecule has 1 atom stereocenters. The van der Waals surface area contributed by atoms with Crippen molar-refractivity contribution in [3.63, 3.8) is 0 Å². The molecule has 1 aromatic heterocycles. The molecule has 3 rings (SSSR count). The van der Waals surface area contributed by atoms with E-state index >= 15 is 0 Å². The minimum Gasteiger partial charge on any atom is -0.364 e. The first-order chi connectivity index (χ1) is 9.17. The van der Waals surface area contributed by atoms with Crippen LogP contribution in [-0.2, 0) is 12.0 Å². The Morgan fingerprint density at radius 2 is 2.16 bits per heavy atom. The van der Waals surface area contributed by atoms with Crippen LogP contribution >= 0.6 is 0 Å². The van der Waals surface area contributed by atoms with Crippen LogP contribution in [0.3, 0.4) is 0 Å². The SMILES string of the molecule is CC1(C)CCC(NCc2ccon2)c2ccccc21. The second-order valence-electron chi connectivity index (χ2n) is 5.93. The smallest absolute Gasteiger partial charge is 0.124 e. The largest absolute Gasteiger partial charge is 0.364 e. The van der Waals surface area contributed by atoms with E-state index in [1.807, 2.05) is 6.07 Å². The van der Waals surface area contributed by atoms with E-state index in [0.29, 0.717) is 6.04 Å². The highest BCUT2D eigenvalue weighted by molar-refractivity contribution is 5.38. The summed E-state index contributed by atoms with van der Waals surface area (Å²) in [5.41, 5.74) is 4.14. The van der Waals surface area contributed by atoms with Crippen molar-refractivity contribution in [1.82, 2.24) is 10.5 Å². The second kappa shape index (κ2) is 4.82. The normalized spacial score (nSPS) is 21.1. The first-order valence-electron chi connectivity index (χ1n) is 6.89. The highest BCUT2D eigenvalue weighted by atomic mass is 16.5. The fourth-order valence-corrected chi connectivity index (χ4v) is 2.98. The third-order valence-electron chi connectivity index (χ3n) is 4.14. The monoisotopic (exact) mass is 256 g/mol. The zero-order chi connectivity index (χ0) is 13.3. The van der Waals surface area contributed by atoms with Crippen molar-refractivity contribution in [1.29, 1.82) is 0 Å². The molecule has 0 radical (unpaired) electrons. The summed E-state index contributed by atoms with van der Waals surface area (Å²) in [7, 11) is 0. The summed E-state index contributed by atoms with van der Waals surface area (Å²) < 4.78 is 4.87. The Hall–Kier alpha value is -1.61. The van der Waals surface area contributed by atoms with Gasteiger partial charge in [0.05, 0.1) is 5.69 Å². The van der Waals surface area contributed by atoms with Crippen LogP contribution in [-0.4, -0.2) is 5.16 Å². The van der Waals surface area contributed by atoms with Crippen molar-refractivity contribution in [2.75, 3.05) is 0 Å². The molecule has 0 saturated heterocycles. The number of nitrogens with one attached hydrogen (secondary N) is 1. The molecule has 0 amide bonds. The molecule has 0 bridgehead atoms. The molecule has 1 aromatic carbocycles. The van der Waals surface area contributed by atoms with E-state index < -0.39 is 0 Å². The number of hydrogen-bond acceptors (Lipinski definition) is 3. The van der Waals surface area contributed by atoms with E-state index in [2.05, 4.69) is 48.6 Å². The number of benzene rings is 1. The maximum absolute atomic E-state index is 4.87. The topological polar surface area (TPSA) is 38.1 Å². The van der Waals surface area contributed by atoms with Crippen molar-refractivity contribution in [2.45, 2.75) is 44.7 Å². The number of fused-ring (bicyclic) bond motifs is 1. The molecule has 0 spiro atoms. The molecule has 2 aromatic rings. The zero-order valence-corrected chi connectivity index (χ0v) is 11.5. The fourth-order valence-electron chi connectivity index (χ4n) is 2.98. The van der Waals surface area contributed by atoms with Gasteiger partial charge in [0, 0.05) is 18.7 Å². The van der Waals surface area contributed by atoms with E-state index in [1.54, 1.807) is 6.26 Å². The van der Waals surface area contributed by atoms with Gasteiger partial charge in [-0.25, -0.2) is 0 Å². The van der Waals surface area contributed by atoms with E-state index in [1.165, 1.54) is 24.0 Å². The molecule has 1 aliphatic rings. The summed E-state index contributed by atoms with van der Waals surface area (Å²) in [5.74, 6) is 0. The van der Waals surface area contributed by atoms with E-state index in [9.17, 15) is 0 Å². The molecule has 1 aliphatic carbocycles. The van der Waals surface area contributed by atoms with Crippen LogP contribution in [0.1, 0.15) is 49.6 Å². The van der Waals surface area contributed by atoms with Crippen LogP contribution in [0.2, 0.25) is 0 Å². The summed E-state index contributed by atoms with van der Waals surface area (Å²) >= 11 is 0. The molecular formula is C16H20N2O. The Balaban J connectivity index is 1.80. The summed E-state index contributed by atoms with van der Waals surface area (Å²) in [6, 6.07) is 11.1. The van der Waals surface area contributed by atoms with Crippen LogP contribution in [0, 0.1) is 0 Å².